The van der Waals surface area contributed by atoms with Crippen LogP contribution in [0.5, 0.6) is 5.75 Å². The Morgan fingerprint density at radius 1 is 1.28 bits per heavy atom. The van der Waals surface area contributed by atoms with Gasteiger partial charge in [-0.1, -0.05) is 23.9 Å². The molecule has 0 aliphatic carbocycles. The summed E-state index contributed by atoms with van der Waals surface area (Å²) in [5.41, 5.74) is 1.19. The second-order valence-electron chi connectivity index (χ2n) is 3.82. The minimum atomic E-state index is 0.844. The molecule has 0 aliphatic rings. The van der Waals surface area contributed by atoms with Crippen molar-refractivity contribution >= 4 is 11.8 Å². The van der Waals surface area contributed by atoms with Crippen molar-refractivity contribution in [2.75, 3.05) is 14.2 Å². The van der Waals surface area contributed by atoms with E-state index in [-0.39, 0.29) is 0 Å². The van der Waals surface area contributed by atoms with Crippen molar-refractivity contribution in [3.05, 3.63) is 48.2 Å². The standard InChI is InChI=1S/C14H16N2OS/c1-15-9-11-6-7-14(16-10-11)18-13-5-3-4-12(8-13)17-2/h3-8,10,15H,9H2,1-2H3. The van der Waals surface area contributed by atoms with Crippen molar-refractivity contribution in [3.63, 3.8) is 0 Å². The molecule has 1 aromatic heterocycles. The van der Waals surface area contributed by atoms with Crippen LogP contribution in [-0.4, -0.2) is 19.1 Å². The number of benzene rings is 1. The highest BCUT2D eigenvalue weighted by Crippen LogP contribution is 2.28. The summed E-state index contributed by atoms with van der Waals surface area (Å²) in [7, 11) is 3.60. The molecule has 0 saturated carbocycles. The van der Waals surface area contributed by atoms with Crippen molar-refractivity contribution < 1.29 is 4.74 Å². The van der Waals surface area contributed by atoms with Crippen LogP contribution in [0.3, 0.4) is 0 Å². The Morgan fingerprint density at radius 3 is 2.83 bits per heavy atom. The zero-order chi connectivity index (χ0) is 12.8. The van der Waals surface area contributed by atoms with E-state index in [9.17, 15) is 0 Å². The van der Waals surface area contributed by atoms with Gasteiger partial charge in [0.15, 0.2) is 0 Å². The van der Waals surface area contributed by atoms with E-state index in [1.165, 1.54) is 5.56 Å². The maximum atomic E-state index is 5.20. The topological polar surface area (TPSA) is 34.1 Å². The third-order valence-corrected chi connectivity index (χ3v) is 3.38. The third kappa shape index (κ3) is 3.48. The number of nitrogens with zero attached hydrogens (tertiary/aromatic N) is 1. The second-order valence-corrected chi connectivity index (χ2v) is 4.91. The summed E-state index contributed by atoms with van der Waals surface area (Å²) < 4.78 is 5.20. The second kappa shape index (κ2) is 6.42. The Morgan fingerprint density at radius 2 is 2.17 bits per heavy atom. The molecule has 3 nitrogen and oxygen atoms in total. The largest absolute Gasteiger partial charge is 0.497 e. The fourth-order valence-electron chi connectivity index (χ4n) is 1.57. The van der Waals surface area contributed by atoms with Crippen LogP contribution in [0.2, 0.25) is 0 Å². The number of hydrogen-bond acceptors (Lipinski definition) is 4. The van der Waals surface area contributed by atoms with Crippen molar-refractivity contribution in [1.82, 2.24) is 10.3 Å². The minimum absolute atomic E-state index is 0.844. The van der Waals surface area contributed by atoms with Gasteiger partial charge in [0.1, 0.15) is 10.8 Å². The Balaban J connectivity index is 2.08. The van der Waals surface area contributed by atoms with Gasteiger partial charge in [-0.2, -0.15) is 0 Å². The van der Waals surface area contributed by atoms with Gasteiger partial charge in [-0.15, -0.1) is 0 Å². The summed E-state index contributed by atoms with van der Waals surface area (Å²) in [6.45, 7) is 0.844. The molecule has 0 amide bonds. The van der Waals surface area contributed by atoms with Gasteiger partial charge in [-0.25, -0.2) is 4.98 Å². The highest BCUT2D eigenvalue weighted by atomic mass is 32.2. The highest BCUT2D eigenvalue weighted by Gasteiger charge is 2.00. The normalized spacial score (nSPS) is 10.3. The molecule has 0 radical (unpaired) electrons. The summed E-state index contributed by atoms with van der Waals surface area (Å²) in [5.74, 6) is 0.867. The van der Waals surface area contributed by atoms with Crippen molar-refractivity contribution in [1.29, 1.82) is 0 Å². The zero-order valence-electron chi connectivity index (χ0n) is 10.5. The van der Waals surface area contributed by atoms with Gasteiger partial charge in [-0.3, -0.25) is 0 Å². The molecule has 0 fully saturated rings. The van der Waals surface area contributed by atoms with Crippen molar-refractivity contribution in [3.8, 4) is 5.75 Å². The van der Waals surface area contributed by atoms with Gasteiger partial charge in [0, 0.05) is 17.6 Å². The number of nitrogens with one attached hydrogen (secondary N) is 1. The SMILES string of the molecule is CNCc1ccc(Sc2cccc(OC)c2)nc1. The first kappa shape index (κ1) is 12.9. The van der Waals surface area contributed by atoms with Crippen LogP contribution in [0.1, 0.15) is 5.56 Å². The lowest BCUT2D eigenvalue weighted by Crippen LogP contribution is -2.04. The molecular weight excluding hydrogens is 244 g/mol. The van der Waals surface area contributed by atoms with E-state index in [4.69, 9.17) is 4.74 Å². The van der Waals surface area contributed by atoms with Gasteiger partial charge < -0.3 is 10.1 Å². The average Bonchev–Trinajstić information content (AvgIpc) is 2.42. The monoisotopic (exact) mass is 260 g/mol. The first-order valence-electron chi connectivity index (χ1n) is 5.73. The van der Waals surface area contributed by atoms with Crippen LogP contribution in [0.4, 0.5) is 0 Å². The van der Waals surface area contributed by atoms with E-state index in [0.717, 1.165) is 22.2 Å². The predicted octanol–water partition coefficient (Wildman–Crippen LogP) is 2.96. The molecule has 2 aromatic rings. The molecule has 0 unspecified atom stereocenters. The number of rotatable bonds is 5. The van der Waals surface area contributed by atoms with Crippen LogP contribution in [0.15, 0.2) is 52.5 Å². The molecule has 94 valence electrons. The van der Waals surface area contributed by atoms with Crippen LogP contribution in [-0.2, 0) is 6.54 Å². The smallest absolute Gasteiger partial charge is 0.119 e. The molecule has 1 aromatic carbocycles. The molecule has 18 heavy (non-hydrogen) atoms. The van der Waals surface area contributed by atoms with Gasteiger partial charge in [0.25, 0.3) is 0 Å². The molecule has 1 N–H and O–H groups in total. The van der Waals surface area contributed by atoms with E-state index in [0.29, 0.717) is 0 Å². The van der Waals surface area contributed by atoms with Gasteiger partial charge in [0.2, 0.25) is 0 Å². The molecule has 4 heteroatoms. The summed E-state index contributed by atoms with van der Waals surface area (Å²) >= 11 is 1.63. The Hall–Kier alpha value is -1.52. The maximum absolute atomic E-state index is 5.20. The lowest BCUT2D eigenvalue weighted by Gasteiger charge is -2.05. The molecule has 0 atom stereocenters. The maximum Gasteiger partial charge on any atom is 0.119 e. The molecule has 0 aliphatic heterocycles. The Bertz CT molecular complexity index is 499. The van der Waals surface area contributed by atoms with Gasteiger partial charge in [0.05, 0.1) is 7.11 Å². The van der Waals surface area contributed by atoms with Crippen LogP contribution < -0.4 is 10.1 Å². The molecular formula is C14H16N2OS. The van der Waals surface area contributed by atoms with E-state index in [1.54, 1.807) is 18.9 Å². The Labute approximate surface area is 112 Å². The summed E-state index contributed by atoms with van der Waals surface area (Å²) in [5, 5.41) is 4.09. The summed E-state index contributed by atoms with van der Waals surface area (Å²) in [6.07, 6.45) is 1.90. The first-order chi connectivity index (χ1) is 8.81. The lowest BCUT2D eigenvalue weighted by atomic mass is 10.3. The third-order valence-electron chi connectivity index (χ3n) is 2.44. The number of aromatic nitrogens is 1. The van der Waals surface area contributed by atoms with Crippen LogP contribution >= 0.6 is 11.8 Å². The average molecular weight is 260 g/mol. The molecule has 0 saturated heterocycles. The van der Waals surface area contributed by atoms with E-state index < -0.39 is 0 Å². The Kier molecular flexibility index (Phi) is 4.61. The zero-order valence-corrected chi connectivity index (χ0v) is 11.3. The number of pyridine rings is 1. The molecule has 1 heterocycles. The number of methoxy groups -OCH3 is 1. The molecule has 0 bridgehead atoms. The van der Waals surface area contributed by atoms with Gasteiger partial charge >= 0.3 is 0 Å². The van der Waals surface area contributed by atoms with E-state index >= 15 is 0 Å². The predicted molar refractivity (Wildman–Crippen MR) is 74.1 cm³/mol. The summed E-state index contributed by atoms with van der Waals surface area (Å²) in [4.78, 5) is 5.56. The van der Waals surface area contributed by atoms with Crippen LogP contribution in [0.25, 0.3) is 0 Å². The fourth-order valence-corrected chi connectivity index (χ4v) is 2.37. The fraction of sp³-hybridized carbons (Fsp3) is 0.214. The lowest BCUT2D eigenvalue weighted by molar-refractivity contribution is 0.413. The minimum Gasteiger partial charge on any atom is -0.497 e. The van der Waals surface area contributed by atoms with E-state index in [1.807, 2.05) is 37.5 Å². The summed E-state index contributed by atoms with van der Waals surface area (Å²) in [6, 6.07) is 12.1. The quantitative estimate of drug-likeness (QED) is 0.896. The van der Waals surface area contributed by atoms with Crippen molar-refractivity contribution in [2.45, 2.75) is 16.5 Å². The van der Waals surface area contributed by atoms with Crippen LogP contribution in [0, 0.1) is 0 Å². The van der Waals surface area contributed by atoms with E-state index in [2.05, 4.69) is 22.4 Å². The molecule has 0 spiro atoms. The highest BCUT2D eigenvalue weighted by molar-refractivity contribution is 7.99. The first-order valence-corrected chi connectivity index (χ1v) is 6.55. The van der Waals surface area contributed by atoms with Gasteiger partial charge in [-0.05, 0) is 36.9 Å². The van der Waals surface area contributed by atoms with Crippen molar-refractivity contribution in [2.24, 2.45) is 0 Å². The number of ether oxygens (including phenoxy) is 1. The molecule has 2 rings (SSSR count). The number of hydrogen-bond donors (Lipinski definition) is 1.